The van der Waals surface area contributed by atoms with Crippen molar-refractivity contribution in [2.75, 3.05) is 13.1 Å². The fourth-order valence-corrected chi connectivity index (χ4v) is 4.18. The summed E-state index contributed by atoms with van der Waals surface area (Å²) in [6.07, 6.45) is 3.47. The monoisotopic (exact) mass is 304 g/mol. The molecule has 2 bridgehead atoms. The maximum Gasteiger partial charge on any atom is 0.254 e. The second-order valence-electron chi connectivity index (χ2n) is 6.93. The van der Waals surface area contributed by atoms with E-state index >= 15 is 0 Å². The highest BCUT2D eigenvalue weighted by atomic mass is 19.1. The highest BCUT2D eigenvalue weighted by Crippen LogP contribution is 2.32. The molecular weight excluding hydrogens is 279 g/mol. The van der Waals surface area contributed by atoms with Crippen LogP contribution in [0.25, 0.3) is 0 Å². The quantitative estimate of drug-likeness (QED) is 0.837. The summed E-state index contributed by atoms with van der Waals surface area (Å²) in [6, 6.07) is 6.05. The van der Waals surface area contributed by atoms with Crippen LogP contribution in [0.3, 0.4) is 0 Å². The second-order valence-corrected chi connectivity index (χ2v) is 6.93. The lowest BCUT2D eigenvalue weighted by Gasteiger charge is -2.32. The summed E-state index contributed by atoms with van der Waals surface area (Å²) in [6.45, 7) is 7.89. The summed E-state index contributed by atoms with van der Waals surface area (Å²) in [4.78, 5) is 17.4. The van der Waals surface area contributed by atoms with E-state index in [0.29, 0.717) is 23.7 Å². The molecule has 0 N–H and O–H groups in total. The van der Waals surface area contributed by atoms with Crippen molar-refractivity contribution < 1.29 is 9.18 Å². The van der Waals surface area contributed by atoms with Crippen LogP contribution in [0.4, 0.5) is 4.39 Å². The van der Waals surface area contributed by atoms with Crippen molar-refractivity contribution in [3.63, 3.8) is 0 Å². The number of carbonyl (C=O) groups excluding carboxylic acids is 1. The van der Waals surface area contributed by atoms with E-state index in [2.05, 4.69) is 18.7 Å². The minimum atomic E-state index is -0.282. The van der Waals surface area contributed by atoms with Crippen molar-refractivity contribution in [2.24, 2.45) is 0 Å². The third-order valence-corrected chi connectivity index (χ3v) is 5.14. The first-order valence-corrected chi connectivity index (χ1v) is 8.30. The molecule has 0 aromatic heterocycles. The number of nitrogens with zero attached hydrogens (tertiary/aromatic N) is 2. The average Bonchev–Trinajstić information content (AvgIpc) is 2.73. The maximum atomic E-state index is 13.2. The van der Waals surface area contributed by atoms with Gasteiger partial charge in [0.15, 0.2) is 0 Å². The van der Waals surface area contributed by atoms with Crippen LogP contribution in [0, 0.1) is 12.7 Å². The van der Waals surface area contributed by atoms with E-state index in [1.165, 1.54) is 25.0 Å². The molecule has 0 spiro atoms. The molecule has 0 radical (unpaired) electrons. The van der Waals surface area contributed by atoms with Gasteiger partial charge in [-0.05, 0) is 63.8 Å². The van der Waals surface area contributed by atoms with Gasteiger partial charge in [-0.15, -0.1) is 0 Å². The molecular formula is C18H25FN2O. The first-order chi connectivity index (χ1) is 10.5. The SMILES string of the molecule is Cc1cc(F)ccc1C(=O)N1CCC2CCC(C1)N2C(C)C. The molecule has 2 unspecified atom stereocenters. The summed E-state index contributed by atoms with van der Waals surface area (Å²) >= 11 is 0. The number of fused-ring (bicyclic) bond motifs is 2. The van der Waals surface area contributed by atoms with Gasteiger partial charge in [-0.1, -0.05) is 0 Å². The zero-order valence-corrected chi connectivity index (χ0v) is 13.7. The van der Waals surface area contributed by atoms with Gasteiger partial charge in [-0.25, -0.2) is 4.39 Å². The topological polar surface area (TPSA) is 23.6 Å². The Hall–Kier alpha value is -1.42. The first kappa shape index (κ1) is 15.5. The first-order valence-electron chi connectivity index (χ1n) is 8.30. The number of hydrogen-bond acceptors (Lipinski definition) is 2. The molecule has 1 amide bonds. The standard InChI is InChI=1S/C18H25FN2O/c1-12(2)21-15-5-6-16(21)11-20(9-8-15)18(22)17-7-4-14(19)10-13(17)3/h4,7,10,12,15-16H,5-6,8-9,11H2,1-3H3. The van der Waals surface area contributed by atoms with Crippen LogP contribution in [0.15, 0.2) is 18.2 Å². The number of rotatable bonds is 2. The fraction of sp³-hybridized carbons (Fsp3) is 0.611. The van der Waals surface area contributed by atoms with Crippen molar-refractivity contribution in [1.29, 1.82) is 0 Å². The molecule has 120 valence electrons. The Morgan fingerprint density at radius 1 is 1.23 bits per heavy atom. The van der Waals surface area contributed by atoms with Gasteiger partial charge in [-0.2, -0.15) is 0 Å². The predicted molar refractivity (Wildman–Crippen MR) is 85.4 cm³/mol. The van der Waals surface area contributed by atoms with Crippen molar-refractivity contribution in [2.45, 2.75) is 58.2 Å². The summed E-state index contributed by atoms with van der Waals surface area (Å²) in [7, 11) is 0. The van der Waals surface area contributed by atoms with Crippen LogP contribution in [-0.2, 0) is 0 Å². The van der Waals surface area contributed by atoms with Gasteiger partial charge < -0.3 is 4.90 Å². The Bertz CT molecular complexity index is 572. The molecule has 0 saturated carbocycles. The molecule has 2 aliphatic heterocycles. The van der Waals surface area contributed by atoms with E-state index in [0.717, 1.165) is 25.1 Å². The lowest BCUT2D eigenvalue weighted by molar-refractivity contribution is 0.0727. The number of benzene rings is 1. The predicted octanol–water partition coefficient (Wildman–Crippen LogP) is 3.22. The van der Waals surface area contributed by atoms with E-state index < -0.39 is 0 Å². The normalized spacial score (nSPS) is 25.6. The van der Waals surface area contributed by atoms with Crippen LogP contribution in [0.5, 0.6) is 0 Å². The average molecular weight is 304 g/mol. The van der Waals surface area contributed by atoms with Crippen LogP contribution in [0.1, 0.15) is 49.0 Å². The van der Waals surface area contributed by atoms with Crippen LogP contribution in [0.2, 0.25) is 0 Å². The van der Waals surface area contributed by atoms with Gasteiger partial charge in [-0.3, -0.25) is 9.69 Å². The van der Waals surface area contributed by atoms with Gasteiger partial charge in [0.1, 0.15) is 5.82 Å². The molecule has 0 aliphatic carbocycles. The zero-order valence-electron chi connectivity index (χ0n) is 13.7. The Labute approximate surface area is 132 Å². The summed E-state index contributed by atoms with van der Waals surface area (Å²) in [5.41, 5.74) is 1.36. The highest BCUT2D eigenvalue weighted by molar-refractivity contribution is 5.95. The number of amides is 1. The van der Waals surface area contributed by atoms with Gasteiger partial charge in [0.05, 0.1) is 0 Å². The molecule has 2 fully saturated rings. The number of carbonyl (C=O) groups is 1. The smallest absolute Gasteiger partial charge is 0.254 e. The maximum absolute atomic E-state index is 13.2. The zero-order chi connectivity index (χ0) is 15.9. The molecule has 2 saturated heterocycles. The molecule has 2 aliphatic rings. The summed E-state index contributed by atoms with van der Waals surface area (Å²) in [5, 5.41) is 0. The lowest BCUT2D eigenvalue weighted by Crippen LogP contribution is -2.44. The number of likely N-dealkylation sites (tertiary alicyclic amines) is 1. The van der Waals surface area contributed by atoms with E-state index in [1.54, 1.807) is 13.0 Å². The number of hydrogen-bond donors (Lipinski definition) is 0. The third-order valence-electron chi connectivity index (χ3n) is 5.14. The Morgan fingerprint density at radius 2 is 1.95 bits per heavy atom. The van der Waals surface area contributed by atoms with Crippen molar-refractivity contribution in [3.05, 3.63) is 35.1 Å². The molecule has 2 heterocycles. The lowest BCUT2D eigenvalue weighted by atomic mass is 10.0. The summed E-state index contributed by atoms with van der Waals surface area (Å²) < 4.78 is 13.2. The fourth-order valence-electron chi connectivity index (χ4n) is 4.18. The Balaban J connectivity index is 1.80. The molecule has 1 aromatic rings. The van der Waals surface area contributed by atoms with Gasteiger partial charge >= 0.3 is 0 Å². The van der Waals surface area contributed by atoms with E-state index in [1.807, 2.05) is 4.90 Å². The highest BCUT2D eigenvalue weighted by Gasteiger charge is 2.39. The Kier molecular flexibility index (Phi) is 4.22. The van der Waals surface area contributed by atoms with Gasteiger partial charge in [0, 0.05) is 36.8 Å². The Morgan fingerprint density at radius 3 is 2.64 bits per heavy atom. The second kappa shape index (κ2) is 5.99. The molecule has 4 heteroatoms. The summed E-state index contributed by atoms with van der Waals surface area (Å²) in [5.74, 6) is -0.233. The van der Waals surface area contributed by atoms with E-state index in [-0.39, 0.29) is 11.7 Å². The van der Waals surface area contributed by atoms with Crippen LogP contribution < -0.4 is 0 Å². The minimum absolute atomic E-state index is 0.0498. The van der Waals surface area contributed by atoms with Gasteiger partial charge in [0.2, 0.25) is 0 Å². The number of halogens is 1. The van der Waals surface area contributed by atoms with Crippen molar-refractivity contribution in [1.82, 2.24) is 9.80 Å². The largest absolute Gasteiger partial charge is 0.337 e. The number of aryl methyl sites for hydroxylation is 1. The molecule has 22 heavy (non-hydrogen) atoms. The van der Waals surface area contributed by atoms with Crippen LogP contribution in [-0.4, -0.2) is 46.9 Å². The van der Waals surface area contributed by atoms with Crippen molar-refractivity contribution in [3.8, 4) is 0 Å². The third kappa shape index (κ3) is 2.76. The van der Waals surface area contributed by atoms with E-state index in [9.17, 15) is 9.18 Å². The molecule has 2 atom stereocenters. The molecule has 3 nitrogen and oxygen atoms in total. The molecule has 3 rings (SSSR count). The van der Waals surface area contributed by atoms with Gasteiger partial charge in [0.25, 0.3) is 5.91 Å². The van der Waals surface area contributed by atoms with Crippen LogP contribution >= 0.6 is 0 Å². The van der Waals surface area contributed by atoms with Crippen molar-refractivity contribution >= 4 is 5.91 Å². The molecule has 1 aromatic carbocycles. The van der Waals surface area contributed by atoms with E-state index in [4.69, 9.17) is 0 Å². The minimum Gasteiger partial charge on any atom is -0.337 e.